The average molecular weight is 522 g/mol. The number of hydrogen-bond acceptors (Lipinski definition) is 8. The number of carbonyl (C=O) groups excluding carboxylic acids is 1. The van der Waals surface area contributed by atoms with Crippen LogP contribution in [0.2, 0.25) is 0 Å². The van der Waals surface area contributed by atoms with Crippen molar-refractivity contribution in [3.63, 3.8) is 0 Å². The lowest BCUT2D eigenvalue weighted by Crippen LogP contribution is -2.46. The maximum Gasteiger partial charge on any atom is 0.286 e. The highest BCUT2D eigenvalue weighted by Crippen LogP contribution is 2.31. The van der Waals surface area contributed by atoms with E-state index >= 15 is 4.39 Å². The number of ether oxygens (including phenoxy) is 1. The Hall–Kier alpha value is -3.28. The first-order chi connectivity index (χ1) is 18.1. The van der Waals surface area contributed by atoms with Gasteiger partial charge in [-0.25, -0.2) is 13.9 Å². The monoisotopic (exact) mass is 521 g/mol. The van der Waals surface area contributed by atoms with E-state index in [0.717, 1.165) is 45.8 Å². The molecule has 0 saturated carbocycles. The number of nitrogens with zero attached hydrogens (tertiary/aromatic N) is 7. The molecule has 0 spiro atoms. The molecule has 0 radical (unpaired) electrons. The highest BCUT2D eigenvalue weighted by Gasteiger charge is 2.27. The van der Waals surface area contributed by atoms with Crippen LogP contribution in [0.5, 0.6) is 0 Å². The molecule has 0 atom stereocenters. The molecule has 2 aromatic heterocycles. The Morgan fingerprint density at radius 2 is 1.86 bits per heavy atom. The van der Waals surface area contributed by atoms with Crippen molar-refractivity contribution < 1.29 is 13.9 Å². The van der Waals surface area contributed by atoms with Gasteiger partial charge in [-0.3, -0.25) is 4.79 Å². The lowest BCUT2D eigenvalue weighted by molar-refractivity contribution is -0.113. The fourth-order valence-corrected chi connectivity index (χ4v) is 5.76. The first-order valence-electron chi connectivity index (χ1n) is 12.6. The number of halogens is 1. The summed E-state index contributed by atoms with van der Waals surface area (Å²) in [6, 6.07) is 8.97. The minimum absolute atomic E-state index is 0.253. The first-order valence-corrected chi connectivity index (χ1v) is 13.4. The molecule has 0 unspecified atom stereocenters. The second-order valence-corrected chi connectivity index (χ2v) is 10.2. The van der Waals surface area contributed by atoms with Crippen LogP contribution in [0, 0.1) is 5.82 Å². The molecule has 3 aromatic rings. The summed E-state index contributed by atoms with van der Waals surface area (Å²) in [5.41, 5.74) is 3.26. The molecule has 1 amide bonds. The second kappa shape index (κ2) is 10.2. The van der Waals surface area contributed by atoms with E-state index in [-0.39, 0.29) is 11.7 Å². The molecule has 5 heterocycles. The minimum Gasteiger partial charge on any atom is -0.378 e. The van der Waals surface area contributed by atoms with E-state index in [1.54, 1.807) is 22.9 Å². The van der Waals surface area contributed by atoms with Crippen LogP contribution in [-0.2, 0) is 9.53 Å². The Balaban J connectivity index is 1.24. The maximum atomic E-state index is 15.2. The molecular weight excluding hydrogens is 493 g/mol. The Labute approximate surface area is 218 Å². The van der Waals surface area contributed by atoms with Crippen molar-refractivity contribution in [2.45, 2.75) is 6.92 Å². The van der Waals surface area contributed by atoms with Crippen molar-refractivity contribution in [2.75, 3.05) is 63.9 Å². The van der Waals surface area contributed by atoms with Crippen LogP contribution in [0.3, 0.4) is 0 Å². The third-order valence-electron chi connectivity index (χ3n) is 6.96. The lowest BCUT2D eigenvalue weighted by atomic mass is 10.1. The summed E-state index contributed by atoms with van der Waals surface area (Å²) in [4.78, 5) is 28.3. The number of amidine groups is 1. The number of likely N-dealkylation sites (N-methyl/N-ethyl adjacent to an activating group) is 1. The van der Waals surface area contributed by atoms with Gasteiger partial charge in [-0.1, -0.05) is 13.0 Å². The number of hydrogen-bond donors (Lipinski definition) is 0. The summed E-state index contributed by atoms with van der Waals surface area (Å²) in [6.45, 7) is 9.37. The molecule has 3 aliphatic heterocycles. The van der Waals surface area contributed by atoms with Crippen molar-refractivity contribution in [3.05, 3.63) is 52.9 Å². The minimum atomic E-state index is -0.267. The SMILES string of the molecule is CCN1CCN(c2ccc(-c3cnc4ccc(C=C5SC(N6CCOCC6)=NC5=O)nn34)cc2F)CC1. The number of aromatic nitrogens is 3. The summed E-state index contributed by atoms with van der Waals surface area (Å²) in [5.74, 6) is -0.520. The molecular formula is C26H28FN7O2S. The topological polar surface area (TPSA) is 78.6 Å². The maximum absolute atomic E-state index is 15.2. The van der Waals surface area contributed by atoms with Crippen LogP contribution in [-0.4, -0.2) is 94.5 Å². The van der Waals surface area contributed by atoms with E-state index in [0.29, 0.717) is 51.6 Å². The van der Waals surface area contributed by atoms with Gasteiger partial charge < -0.3 is 19.4 Å². The van der Waals surface area contributed by atoms with E-state index in [4.69, 9.17) is 9.84 Å². The van der Waals surface area contributed by atoms with E-state index in [1.165, 1.54) is 11.8 Å². The van der Waals surface area contributed by atoms with Crippen LogP contribution < -0.4 is 4.90 Å². The van der Waals surface area contributed by atoms with Crippen LogP contribution >= 0.6 is 11.8 Å². The quantitative estimate of drug-likeness (QED) is 0.485. The predicted octanol–water partition coefficient (Wildman–Crippen LogP) is 2.98. The van der Waals surface area contributed by atoms with Gasteiger partial charge >= 0.3 is 0 Å². The summed E-state index contributed by atoms with van der Waals surface area (Å²) >= 11 is 1.36. The standard InChI is InChI=1S/C26H28FN7O2S/c1-2-31-7-9-32(10-8-31)21-5-3-18(15-20(21)27)22-17-28-24-6-4-19(30-34(22)24)16-23-25(35)29-26(37-23)33-11-13-36-14-12-33/h3-6,15-17H,2,7-14H2,1H3. The highest BCUT2D eigenvalue weighted by atomic mass is 32.2. The summed E-state index contributed by atoms with van der Waals surface area (Å²) in [7, 11) is 0. The van der Waals surface area contributed by atoms with Crippen LogP contribution in [0.25, 0.3) is 23.0 Å². The molecule has 2 saturated heterocycles. The molecule has 11 heteroatoms. The number of anilines is 1. The van der Waals surface area contributed by atoms with Gasteiger partial charge in [-0.05, 0) is 48.6 Å². The molecule has 192 valence electrons. The zero-order valence-corrected chi connectivity index (χ0v) is 21.5. The van der Waals surface area contributed by atoms with Crippen LogP contribution in [0.15, 0.2) is 46.4 Å². The Bertz CT molecular complexity index is 1390. The zero-order valence-electron chi connectivity index (χ0n) is 20.6. The molecule has 2 fully saturated rings. The van der Waals surface area contributed by atoms with Crippen LogP contribution in [0.4, 0.5) is 10.1 Å². The zero-order chi connectivity index (χ0) is 25.4. The number of imidazole rings is 1. The molecule has 1 aromatic carbocycles. The average Bonchev–Trinajstić information content (AvgIpc) is 3.52. The van der Waals surface area contributed by atoms with E-state index in [1.807, 2.05) is 24.3 Å². The number of piperazine rings is 1. The van der Waals surface area contributed by atoms with Crippen molar-refractivity contribution in [3.8, 4) is 11.3 Å². The van der Waals surface area contributed by atoms with Gasteiger partial charge in [0.25, 0.3) is 5.91 Å². The molecule has 37 heavy (non-hydrogen) atoms. The molecule has 9 nitrogen and oxygen atoms in total. The fourth-order valence-electron chi connectivity index (χ4n) is 4.81. The number of benzene rings is 1. The normalized spacial score (nSPS) is 20.3. The molecule has 6 rings (SSSR count). The Kier molecular flexibility index (Phi) is 6.66. The summed E-state index contributed by atoms with van der Waals surface area (Å²) in [5, 5.41) is 5.40. The van der Waals surface area contributed by atoms with Crippen molar-refractivity contribution in [1.82, 2.24) is 24.4 Å². The first kappa shape index (κ1) is 24.1. The van der Waals surface area contributed by atoms with E-state index in [2.05, 4.69) is 31.6 Å². The van der Waals surface area contributed by atoms with Gasteiger partial charge in [0, 0.05) is 44.8 Å². The number of carbonyl (C=O) groups is 1. The smallest absolute Gasteiger partial charge is 0.286 e. The molecule has 3 aliphatic rings. The Morgan fingerprint density at radius 3 is 2.62 bits per heavy atom. The van der Waals surface area contributed by atoms with Gasteiger partial charge in [-0.2, -0.15) is 10.1 Å². The third-order valence-corrected chi connectivity index (χ3v) is 8.00. The summed E-state index contributed by atoms with van der Waals surface area (Å²) < 4.78 is 22.3. The van der Waals surface area contributed by atoms with Crippen molar-refractivity contribution >= 4 is 40.2 Å². The predicted molar refractivity (Wildman–Crippen MR) is 143 cm³/mol. The number of thioether (sulfide) groups is 1. The van der Waals surface area contributed by atoms with Gasteiger partial charge in [0.05, 0.1) is 41.4 Å². The van der Waals surface area contributed by atoms with Gasteiger partial charge in [0.1, 0.15) is 5.82 Å². The van der Waals surface area contributed by atoms with Crippen molar-refractivity contribution in [1.29, 1.82) is 0 Å². The van der Waals surface area contributed by atoms with E-state index in [9.17, 15) is 4.79 Å². The summed E-state index contributed by atoms with van der Waals surface area (Å²) in [6.07, 6.45) is 3.44. The fraction of sp³-hybridized carbons (Fsp3) is 0.385. The molecule has 0 aliphatic carbocycles. The number of amides is 1. The number of morpholine rings is 1. The largest absolute Gasteiger partial charge is 0.378 e. The van der Waals surface area contributed by atoms with Gasteiger partial charge in [0.15, 0.2) is 10.8 Å². The van der Waals surface area contributed by atoms with Crippen molar-refractivity contribution in [2.24, 2.45) is 4.99 Å². The Morgan fingerprint density at radius 1 is 1.05 bits per heavy atom. The number of aliphatic imine (C=N–C) groups is 1. The number of rotatable bonds is 4. The van der Waals surface area contributed by atoms with Gasteiger partial charge in [0.2, 0.25) is 0 Å². The molecule has 0 N–H and O–H groups in total. The number of fused-ring (bicyclic) bond motifs is 1. The highest BCUT2D eigenvalue weighted by molar-refractivity contribution is 8.18. The van der Waals surface area contributed by atoms with Gasteiger partial charge in [-0.15, -0.1) is 0 Å². The second-order valence-electron chi connectivity index (χ2n) is 9.17. The third kappa shape index (κ3) is 4.86. The lowest BCUT2D eigenvalue weighted by Gasteiger charge is -2.35. The molecule has 0 bridgehead atoms. The van der Waals surface area contributed by atoms with Crippen LogP contribution in [0.1, 0.15) is 12.6 Å². The van der Waals surface area contributed by atoms with E-state index < -0.39 is 0 Å².